The molecule has 0 saturated heterocycles. The zero-order valence-electron chi connectivity index (χ0n) is 15.1. The fraction of sp³-hybridized carbons (Fsp3) is 0.200. The van der Waals surface area contributed by atoms with Gasteiger partial charge in [-0.05, 0) is 36.2 Å². The molecule has 0 fully saturated rings. The Morgan fingerprint density at radius 2 is 1.96 bits per heavy atom. The molecule has 3 aromatic rings. The second-order valence-electron chi connectivity index (χ2n) is 5.95. The molecular formula is C20H19F2N3O2S. The molecule has 0 bridgehead atoms. The standard InChI is InChI=1S/C20H19F2N3O2S/c1-14-4-2-3-5-17(14)25-11-10-23-20(25)28-13-18(26)24-12-15-6-8-16(9-7-15)27-19(21)22/h2-11,19H,12-13H2,1H3,(H,24,26). The van der Waals surface area contributed by atoms with E-state index < -0.39 is 6.61 Å². The molecule has 1 aromatic heterocycles. The second kappa shape index (κ2) is 9.36. The molecule has 5 nitrogen and oxygen atoms in total. The smallest absolute Gasteiger partial charge is 0.387 e. The number of hydrogen-bond acceptors (Lipinski definition) is 4. The van der Waals surface area contributed by atoms with Crippen LogP contribution in [-0.2, 0) is 11.3 Å². The minimum atomic E-state index is -2.85. The number of carbonyl (C=O) groups excluding carboxylic acids is 1. The SMILES string of the molecule is Cc1ccccc1-n1ccnc1SCC(=O)NCc1ccc(OC(F)F)cc1. The molecular weight excluding hydrogens is 384 g/mol. The third-order valence-electron chi connectivity index (χ3n) is 3.95. The Hall–Kier alpha value is -2.87. The van der Waals surface area contributed by atoms with Gasteiger partial charge in [0, 0.05) is 18.9 Å². The molecule has 8 heteroatoms. The lowest BCUT2D eigenvalue weighted by Gasteiger charge is -2.10. The van der Waals surface area contributed by atoms with Crippen LogP contribution in [0.15, 0.2) is 66.1 Å². The van der Waals surface area contributed by atoms with E-state index in [0.29, 0.717) is 6.54 Å². The van der Waals surface area contributed by atoms with Crippen LogP contribution in [0.3, 0.4) is 0 Å². The maximum Gasteiger partial charge on any atom is 0.387 e. The Balaban J connectivity index is 1.52. The number of carbonyl (C=O) groups is 1. The molecule has 1 amide bonds. The van der Waals surface area contributed by atoms with E-state index in [2.05, 4.69) is 15.0 Å². The normalized spacial score (nSPS) is 10.9. The first-order valence-electron chi connectivity index (χ1n) is 8.55. The number of benzene rings is 2. The van der Waals surface area contributed by atoms with Gasteiger partial charge in [-0.15, -0.1) is 0 Å². The predicted octanol–water partition coefficient (Wildman–Crippen LogP) is 4.19. The van der Waals surface area contributed by atoms with E-state index in [-0.39, 0.29) is 17.4 Å². The van der Waals surface area contributed by atoms with Crippen molar-refractivity contribution in [3.05, 3.63) is 72.1 Å². The third-order valence-corrected chi connectivity index (χ3v) is 4.92. The van der Waals surface area contributed by atoms with E-state index in [9.17, 15) is 13.6 Å². The van der Waals surface area contributed by atoms with Crippen LogP contribution in [0, 0.1) is 6.92 Å². The summed E-state index contributed by atoms with van der Waals surface area (Å²) in [4.78, 5) is 16.5. The lowest BCUT2D eigenvalue weighted by molar-refractivity contribution is -0.118. The van der Waals surface area contributed by atoms with Crippen LogP contribution in [0.25, 0.3) is 5.69 Å². The average molecular weight is 403 g/mol. The van der Waals surface area contributed by atoms with Gasteiger partial charge in [0.25, 0.3) is 0 Å². The zero-order valence-corrected chi connectivity index (χ0v) is 16.0. The Kier molecular flexibility index (Phi) is 6.65. The number of imidazole rings is 1. The molecule has 2 aromatic carbocycles. The highest BCUT2D eigenvalue weighted by molar-refractivity contribution is 7.99. The van der Waals surface area contributed by atoms with Crippen molar-refractivity contribution < 1.29 is 18.3 Å². The van der Waals surface area contributed by atoms with Crippen LogP contribution in [0.2, 0.25) is 0 Å². The molecule has 0 atom stereocenters. The van der Waals surface area contributed by atoms with Gasteiger partial charge in [-0.2, -0.15) is 8.78 Å². The van der Waals surface area contributed by atoms with E-state index in [1.165, 1.54) is 23.9 Å². The van der Waals surface area contributed by atoms with E-state index in [1.54, 1.807) is 18.3 Å². The van der Waals surface area contributed by atoms with Crippen molar-refractivity contribution in [2.45, 2.75) is 25.2 Å². The summed E-state index contributed by atoms with van der Waals surface area (Å²) in [6.45, 7) is -0.524. The van der Waals surface area contributed by atoms with Gasteiger partial charge in [0.15, 0.2) is 5.16 Å². The minimum Gasteiger partial charge on any atom is -0.435 e. The number of ether oxygens (including phenoxy) is 1. The number of rotatable bonds is 8. The van der Waals surface area contributed by atoms with Gasteiger partial charge in [-0.3, -0.25) is 9.36 Å². The van der Waals surface area contributed by atoms with Crippen molar-refractivity contribution in [1.29, 1.82) is 0 Å². The zero-order chi connectivity index (χ0) is 19.9. The quantitative estimate of drug-likeness (QED) is 0.573. The molecule has 1 N–H and O–H groups in total. The molecule has 0 unspecified atom stereocenters. The first-order valence-corrected chi connectivity index (χ1v) is 9.54. The molecule has 0 spiro atoms. The lowest BCUT2D eigenvalue weighted by Crippen LogP contribution is -2.24. The average Bonchev–Trinajstić information content (AvgIpc) is 3.14. The molecule has 0 aliphatic carbocycles. The molecule has 0 radical (unpaired) electrons. The van der Waals surface area contributed by atoms with Crippen molar-refractivity contribution in [3.63, 3.8) is 0 Å². The summed E-state index contributed by atoms with van der Waals surface area (Å²) in [5, 5.41) is 3.54. The fourth-order valence-electron chi connectivity index (χ4n) is 2.58. The van der Waals surface area contributed by atoms with Crippen LogP contribution in [-0.4, -0.2) is 27.8 Å². The second-order valence-corrected chi connectivity index (χ2v) is 6.90. The largest absolute Gasteiger partial charge is 0.435 e. The highest BCUT2D eigenvalue weighted by Crippen LogP contribution is 2.22. The molecule has 0 aliphatic heterocycles. The summed E-state index contributed by atoms with van der Waals surface area (Å²) in [6.07, 6.45) is 3.57. The summed E-state index contributed by atoms with van der Waals surface area (Å²) in [6, 6.07) is 14.1. The number of halogens is 2. The van der Waals surface area contributed by atoms with Gasteiger partial charge in [0.2, 0.25) is 5.91 Å². The van der Waals surface area contributed by atoms with Gasteiger partial charge >= 0.3 is 6.61 Å². The molecule has 0 aliphatic rings. The van der Waals surface area contributed by atoms with E-state index >= 15 is 0 Å². The minimum absolute atomic E-state index is 0.0867. The number of para-hydroxylation sites is 1. The van der Waals surface area contributed by atoms with Crippen molar-refractivity contribution >= 4 is 17.7 Å². The van der Waals surface area contributed by atoms with Crippen LogP contribution < -0.4 is 10.1 Å². The van der Waals surface area contributed by atoms with Gasteiger partial charge in [-0.25, -0.2) is 4.98 Å². The van der Waals surface area contributed by atoms with Gasteiger partial charge in [0.1, 0.15) is 5.75 Å². The third kappa shape index (κ3) is 5.32. The summed E-state index contributed by atoms with van der Waals surface area (Å²) in [5.74, 6) is 0.163. The van der Waals surface area contributed by atoms with E-state index in [4.69, 9.17) is 0 Å². The molecule has 146 valence electrons. The van der Waals surface area contributed by atoms with Crippen molar-refractivity contribution in [2.75, 3.05) is 5.75 Å². The number of hydrogen-bond donors (Lipinski definition) is 1. The Morgan fingerprint density at radius 3 is 2.68 bits per heavy atom. The topological polar surface area (TPSA) is 56.2 Å². The Labute approximate surface area is 165 Å². The number of alkyl halides is 2. The number of nitrogens with one attached hydrogen (secondary N) is 1. The summed E-state index contributed by atoms with van der Waals surface area (Å²) >= 11 is 1.35. The van der Waals surface area contributed by atoms with Gasteiger partial charge in [0.05, 0.1) is 11.4 Å². The number of thioether (sulfide) groups is 1. The van der Waals surface area contributed by atoms with E-state index in [1.807, 2.05) is 42.0 Å². The summed E-state index contributed by atoms with van der Waals surface area (Å²) in [7, 11) is 0. The lowest BCUT2D eigenvalue weighted by atomic mass is 10.2. The number of aryl methyl sites for hydroxylation is 1. The number of aromatic nitrogens is 2. The highest BCUT2D eigenvalue weighted by Gasteiger charge is 2.10. The number of nitrogens with zero attached hydrogens (tertiary/aromatic N) is 2. The van der Waals surface area contributed by atoms with Crippen molar-refractivity contribution in [1.82, 2.24) is 14.9 Å². The van der Waals surface area contributed by atoms with Crippen molar-refractivity contribution in [3.8, 4) is 11.4 Å². The van der Waals surface area contributed by atoms with E-state index in [0.717, 1.165) is 22.0 Å². The maximum absolute atomic E-state index is 12.1. The maximum atomic E-state index is 12.1. The van der Waals surface area contributed by atoms with Crippen LogP contribution in [0.5, 0.6) is 5.75 Å². The fourth-order valence-corrected chi connectivity index (χ4v) is 3.38. The Morgan fingerprint density at radius 1 is 1.21 bits per heavy atom. The Bertz CT molecular complexity index is 929. The van der Waals surface area contributed by atoms with Crippen LogP contribution in [0.4, 0.5) is 8.78 Å². The summed E-state index contributed by atoms with van der Waals surface area (Å²) < 4.78 is 30.5. The monoisotopic (exact) mass is 403 g/mol. The van der Waals surface area contributed by atoms with Crippen LogP contribution >= 0.6 is 11.8 Å². The molecule has 0 saturated carbocycles. The molecule has 28 heavy (non-hydrogen) atoms. The predicted molar refractivity (Wildman–Crippen MR) is 104 cm³/mol. The van der Waals surface area contributed by atoms with Crippen molar-refractivity contribution in [2.24, 2.45) is 0 Å². The molecule has 1 heterocycles. The first kappa shape index (κ1) is 19.9. The highest BCUT2D eigenvalue weighted by atomic mass is 32.2. The number of amides is 1. The molecule has 3 rings (SSSR count). The first-order chi connectivity index (χ1) is 13.5. The van der Waals surface area contributed by atoms with Gasteiger partial charge < -0.3 is 10.1 Å². The summed E-state index contributed by atoms with van der Waals surface area (Å²) in [5.41, 5.74) is 2.93. The van der Waals surface area contributed by atoms with Gasteiger partial charge in [-0.1, -0.05) is 42.1 Å². The van der Waals surface area contributed by atoms with Crippen LogP contribution in [0.1, 0.15) is 11.1 Å².